The number of alkyl halides is 3. The summed E-state index contributed by atoms with van der Waals surface area (Å²) in [6.07, 6.45) is -4.69. The lowest BCUT2D eigenvalue weighted by atomic mass is 10.2. The number of anilines is 1. The summed E-state index contributed by atoms with van der Waals surface area (Å²) in [7, 11) is -4.35. The highest BCUT2D eigenvalue weighted by Gasteiger charge is 2.30. The van der Waals surface area contributed by atoms with Crippen molar-refractivity contribution >= 4 is 33.2 Å². The molecule has 1 amide bonds. The molecule has 0 fully saturated rings. The largest absolute Gasteiger partial charge is 0.402 e. The van der Waals surface area contributed by atoms with Crippen LogP contribution in [0.15, 0.2) is 47.4 Å². The van der Waals surface area contributed by atoms with Gasteiger partial charge < -0.3 is 5.32 Å². The predicted molar refractivity (Wildman–Crippen MR) is 87.0 cm³/mol. The number of rotatable bonds is 5. The van der Waals surface area contributed by atoms with Gasteiger partial charge in [0.15, 0.2) is 0 Å². The summed E-state index contributed by atoms with van der Waals surface area (Å²) in [6, 6.07) is 7.62. The summed E-state index contributed by atoms with van der Waals surface area (Å²) in [6.45, 7) is -1.70. The van der Waals surface area contributed by atoms with E-state index in [1.165, 1.54) is 22.9 Å². The molecule has 140 valence electrons. The molecule has 2 N–H and O–H groups in total. The zero-order valence-corrected chi connectivity index (χ0v) is 14.3. The minimum atomic E-state index is -4.69. The highest BCUT2D eigenvalue weighted by molar-refractivity contribution is 7.89. The van der Waals surface area contributed by atoms with Crippen molar-refractivity contribution in [1.29, 1.82) is 0 Å². The van der Waals surface area contributed by atoms with Gasteiger partial charge in [-0.1, -0.05) is 11.6 Å². The van der Waals surface area contributed by atoms with Crippen molar-refractivity contribution in [3.05, 3.63) is 58.9 Å². The van der Waals surface area contributed by atoms with Crippen LogP contribution in [0.4, 0.5) is 23.2 Å². The molecule has 0 heterocycles. The topological polar surface area (TPSA) is 75.3 Å². The van der Waals surface area contributed by atoms with Crippen LogP contribution in [0.1, 0.15) is 10.4 Å². The third kappa shape index (κ3) is 5.41. The van der Waals surface area contributed by atoms with Crippen molar-refractivity contribution < 1.29 is 30.8 Å². The monoisotopic (exact) mass is 410 g/mol. The van der Waals surface area contributed by atoms with Gasteiger partial charge in [-0.25, -0.2) is 17.5 Å². The van der Waals surface area contributed by atoms with E-state index in [2.05, 4.69) is 5.32 Å². The Morgan fingerprint density at radius 2 is 1.69 bits per heavy atom. The SMILES string of the molecule is O=C(Nc1ccc(S(=O)(=O)NCC(F)(F)F)cc1)c1ccc(F)cc1Cl. The average molecular weight is 411 g/mol. The van der Waals surface area contributed by atoms with Crippen LogP contribution in [-0.4, -0.2) is 27.0 Å². The Morgan fingerprint density at radius 3 is 2.23 bits per heavy atom. The molecule has 0 unspecified atom stereocenters. The summed E-state index contributed by atoms with van der Waals surface area (Å²) in [5.74, 6) is -1.28. The Kier molecular flexibility index (Phi) is 5.89. The first-order valence-electron chi connectivity index (χ1n) is 6.91. The second kappa shape index (κ2) is 7.60. The van der Waals surface area contributed by atoms with Gasteiger partial charge in [-0.15, -0.1) is 0 Å². The zero-order valence-electron chi connectivity index (χ0n) is 12.8. The van der Waals surface area contributed by atoms with Gasteiger partial charge in [-0.05, 0) is 42.5 Å². The number of carbonyl (C=O) groups is 1. The van der Waals surface area contributed by atoms with Crippen LogP contribution >= 0.6 is 11.6 Å². The lowest BCUT2D eigenvalue weighted by Gasteiger charge is -2.10. The van der Waals surface area contributed by atoms with E-state index >= 15 is 0 Å². The fraction of sp³-hybridized carbons (Fsp3) is 0.133. The number of benzene rings is 2. The first-order valence-corrected chi connectivity index (χ1v) is 8.77. The van der Waals surface area contributed by atoms with Gasteiger partial charge >= 0.3 is 6.18 Å². The van der Waals surface area contributed by atoms with E-state index in [9.17, 15) is 30.8 Å². The third-order valence-corrected chi connectivity index (χ3v) is 4.79. The Balaban J connectivity index is 2.10. The third-order valence-electron chi connectivity index (χ3n) is 3.06. The van der Waals surface area contributed by atoms with Crippen molar-refractivity contribution in [2.45, 2.75) is 11.1 Å². The van der Waals surface area contributed by atoms with Gasteiger partial charge in [0.05, 0.1) is 15.5 Å². The molecule has 0 aliphatic heterocycles. The molecule has 0 saturated carbocycles. The Labute approximate surface area is 151 Å². The number of sulfonamides is 1. The number of amides is 1. The second-order valence-corrected chi connectivity index (χ2v) is 7.22. The highest BCUT2D eigenvalue weighted by Crippen LogP contribution is 2.20. The highest BCUT2D eigenvalue weighted by atomic mass is 35.5. The molecule has 2 aromatic rings. The van der Waals surface area contributed by atoms with Crippen LogP contribution in [0.2, 0.25) is 5.02 Å². The lowest BCUT2D eigenvalue weighted by Crippen LogP contribution is -2.33. The fourth-order valence-electron chi connectivity index (χ4n) is 1.85. The molecule has 0 radical (unpaired) electrons. The zero-order chi connectivity index (χ0) is 19.5. The number of nitrogens with one attached hydrogen (secondary N) is 2. The van der Waals surface area contributed by atoms with Crippen LogP contribution in [-0.2, 0) is 10.0 Å². The second-order valence-electron chi connectivity index (χ2n) is 5.04. The first-order chi connectivity index (χ1) is 12.0. The molecule has 0 aliphatic rings. The molecule has 2 aromatic carbocycles. The van der Waals surface area contributed by atoms with Gasteiger partial charge in [0, 0.05) is 5.69 Å². The van der Waals surface area contributed by atoms with Crippen molar-refractivity contribution in [2.75, 3.05) is 11.9 Å². The normalized spacial score (nSPS) is 12.0. The maximum Gasteiger partial charge on any atom is 0.402 e. The van der Waals surface area contributed by atoms with Crippen molar-refractivity contribution in [3.8, 4) is 0 Å². The number of carbonyl (C=O) groups excluding carboxylic acids is 1. The summed E-state index contributed by atoms with van der Waals surface area (Å²) in [5.41, 5.74) is 0.168. The molecule has 0 bridgehead atoms. The van der Waals surface area contributed by atoms with Crippen LogP contribution in [0.3, 0.4) is 0 Å². The molecule has 0 spiro atoms. The predicted octanol–water partition coefficient (Wildman–Crippen LogP) is 3.57. The molecule has 0 atom stereocenters. The van der Waals surface area contributed by atoms with Gasteiger partial charge in [0.25, 0.3) is 5.91 Å². The summed E-state index contributed by atoms with van der Waals surface area (Å²) < 4.78 is 74.3. The lowest BCUT2D eigenvalue weighted by molar-refractivity contribution is -0.121. The quantitative estimate of drug-likeness (QED) is 0.740. The van der Waals surface area contributed by atoms with Gasteiger partial charge in [0.1, 0.15) is 12.4 Å². The summed E-state index contributed by atoms with van der Waals surface area (Å²) in [5, 5.41) is 2.30. The Morgan fingerprint density at radius 1 is 1.08 bits per heavy atom. The number of halogens is 5. The van der Waals surface area contributed by atoms with Crippen molar-refractivity contribution in [1.82, 2.24) is 4.72 Å². The smallest absolute Gasteiger partial charge is 0.322 e. The standard InChI is InChI=1S/C15H11ClF4N2O3S/c16-13-7-9(17)1-6-12(13)14(23)22-10-2-4-11(5-3-10)26(24,25)21-8-15(18,19)20/h1-7,21H,8H2,(H,22,23). The van der Waals surface area contributed by atoms with Crippen molar-refractivity contribution in [3.63, 3.8) is 0 Å². The Hall–Kier alpha value is -2.17. The molecule has 0 aliphatic carbocycles. The molecule has 26 heavy (non-hydrogen) atoms. The summed E-state index contributed by atoms with van der Waals surface area (Å²) >= 11 is 5.77. The van der Waals surface area contributed by atoms with Crippen molar-refractivity contribution in [2.24, 2.45) is 0 Å². The Bertz CT molecular complexity index is 915. The van der Waals surface area contributed by atoms with E-state index in [1.54, 1.807) is 0 Å². The average Bonchev–Trinajstić information content (AvgIpc) is 2.53. The minimum Gasteiger partial charge on any atom is -0.322 e. The maximum atomic E-state index is 13.0. The van der Waals surface area contributed by atoms with E-state index in [0.29, 0.717) is 0 Å². The summed E-state index contributed by atoms with van der Waals surface area (Å²) in [4.78, 5) is 11.7. The van der Waals surface area contributed by atoms with Gasteiger partial charge in [0.2, 0.25) is 10.0 Å². The van der Waals surface area contributed by atoms with Gasteiger partial charge in [-0.2, -0.15) is 13.2 Å². The number of hydrogen-bond donors (Lipinski definition) is 2. The minimum absolute atomic E-state index is 0.00314. The van der Waals surface area contributed by atoms with E-state index in [0.717, 1.165) is 24.3 Å². The van der Waals surface area contributed by atoms with Crippen LogP contribution < -0.4 is 10.0 Å². The molecule has 2 rings (SSSR count). The molecular formula is C15H11ClF4N2O3S. The molecule has 0 aromatic heterocycles. The number of hydrogen-bond acceptors (Lipinski definition) is 3. The van der Waals surface area contributed by atoms with Crippen LogP contribution in [0.5, 0.6) is 0 Å². The first kappa shape index (κ1) is 20.1. The van der Waals surface area contributed by atoms with E-state index < -0.39 is 39.4 Å². The maximum absolute atomic E-state index is 13.0. The fourth-order valence-corrected chi connectivity index (χ4v) is 3.12. The molecule has 5 nitrogen and oxygen atoms in total. The molecule has 11 heteroatoms. The van der Waals surface area contributed by atoms with Crippen LogP contribution in [0, 0.1) is 5.82 Å². The van der Waals surface area contributed by atoms with Crippen LogP contribution in [0.25, 0.3) is 0 Å². The van der Waals surface area contributed by atoms with E-state index in [1.807, 2.05) is 0 Å². The van der Waals surface area contributed by atoms with E-state index in [4.69, 9.17) is 11.6 Å². The van der Waals surface area contributed by atoms with E-state index in [-0.39, 0.29) is 16.3 Å². The molecule has 0 saturated heterocycles. The molecular weight excluding hydrogens is 400 g/mol. The van der Waals surface area contributed by atoms with Gasteiger partial charge in [-0.3, -0.25) is 4.79 Å².